The van der Waals surface area contributed by atoms with Crippen LogP contribution in [-0.2, 0) is 14.3 Å². The van der Waals surface area contributed by atoms with Crippen LogP contribution >= 0.6 is 0 Å². The minimum atomic E-state index is -0.373. The van der Waals surface area contributed by atoms with Gasteiger partial charge in [0.05, 0.1) is 12.0 Å². The summed E-state index contributed by atoms with van der Waals surface area (Å²) < 4.78 is 5.51. The van der Waals surface area contributed by atoms with Gasteiger partial charge in [-0.3, -0.25) is 4.79 Å². The molecule has 3 fully saturated rings. The van der Waals surface area contributed by atoms with Gasteiger partial charge in [-0.25, -0.2) is 0 Å². The summed E-state index contributed by atoms with van der Waals surface area (Å²) in [6, 6.07) is 0. The van der Waals surface area contributed by atoms with E-state index < -0.39 is 0 Å². The molecule has 0 aliphatic heterocycles. The predicted octanol–water partition coefficient (Wildman–Crippen LogP) is 5.33. The summed E-state index contributed by atoms with van der Waals surface area (Å²) in [5.41, 5.74) is -0.447. The highest BCUT2D eigenvalue weighted by Crippen LogP contribution is 2.69. The molecule has 0 heterocycles. The normalized spacial score (nSPS) is 48.0. The number of carbonyl (C=O) groups excluding carboxylic acids is 2. The number of rotatable bonds is 4. The fraction of sp³-hybridized carbons (Fsp3) is 0.826. The number of fused-ring (bicyclic) bond motifs is 3. The van der Waals surface area contributed by atoms with Gasteiger partial charge >= 0.3 is 5.97 Å². The predicted molar refractivity (Wildman–Crippen MR) is 104 cm³/mol. The fourth-order valence-electron chi connectivity index (χ4n) is 7.32. The van der Waals surface area contributed by atoms with Gasteiger partial charge in [-0.15, -0.1) is 6.58 Å². The summed E-state index contributed by atoms with van der Waals surface area (Å²) in [7, 11) is 0. The van der Waals surface area contributed by atoms with E-state index in [1.54, 1.807) is 0 Å². The van der Waals surface area contributed by atoms with Crippen LogP contribution in [0.2, 0.25) is 0 Å². The largest absolute Gasteiger partial charge is 0.466 e. The van der Waals surface area contributed by atoms with E-state index >= 15 is 0 Å². The van der Waals surface area contributed by atoms with E-state index in [-0.39, 0.29) is 27.6 Å². The van der Waals surface area contributed by atoms with Crippen molar-refractivity contribution in [1.82, 2.24) is 0 Å². The van der Waals surface area contributed by atoms with E-state index in [4.69, 9.17) is 4.74 Å². The van der Waals surface area contributed by atoms with Gasteiger partial charge in [-0.1, -0.05) is 26.3 Å². The lowest BCUT2D eigenvalue weighted by atomic mass is 9.39. The summed E-state index contributed by atoms with van der Waals surface area (Å²) >= 11 is 0. The van der Waals surface area contributed by atoms with Crippen molar-refractivity contribution >= 4 is 12.3 Å². The van der Waals surface area contributed by atoms with Gasteiger partial charge in [0.25, 0.3) is 0 Å². The van der Waals surface area contributed by atoms with E-state index in [9.17, 15) is 9.59 Å². The number of hydrogen-bond donors (Lipinski definition) is 0. The van der Waals surface area contributed by atoms with Gasteiger partial charge in [0.2, 0.25) is 0 Å². The van der Waals surface area contributed by atoms with Crippen LogP contribution in [0.3, 0.4) is 0 Å². The third-order valence-corrected chi connectivity index (χ3v) is 8.54. The van der Waals surface area contributed by atoms with Gasteiger partial charge in [0, 0.05) is 5.41 Å². The molecule has 146 valence electrons. The van der Waals surface area contributed by atoms with Crippen molar-refractivity contribution in [1.29, 1.82) is 0 Å². The molecule has 0 bridgehead atoms. The first-order valence-electron chi connectivity index (χ1n) is 10.5. The van der Waals surface area contributed by atoms with Crippen LogP contribution in [0.4, 0.5) is 0 Å². The average Bonchev–Trinajstić information content (AvgIpc) is 2.61. The smallest absolute Gasteiger partial charge is 0.312 e. The molecule has 0 radical (unpaired) electrons. The lowest BCUT2D eigenvalue weighted by Gasteiger charge is -2.65. The van der Waals surface area contributed by atoms with E-state index in [1.807, 2.05) is 6.92 Å². The second kappa shape index (κ2) is 6.49. The Morgan fingerprint density at radius 2 is 1.81 bits per heavy atom. The third-order valence-electron chi connectivity index (χ3n) is 8.54. The standard InChI is InChI=1S/C23H36O3/c1-6-23-14-10-17-21(4,18(23)9-13-20(3,15-23)16-24)11-8-12-22(17,5)19(25)26-7-2/h6,16-18H,1,7-15H2,2-5H3/t17-,18-,20-,21+,22+,23+/m0/s1. The van der Waals surface area contributed by atoms with Crippen LogP contribution < -0.4 is 0 Å². The molecule has 3 saturated carbocycles. The van der Waals surface area contributed by atoms with Gasteiger partial charge in [-0.05, 0) is 81.5 Å². The van der Waals surface area contributed by atoms with Gasteiger partial charge in [0.1, 0.15) is 6.29 Å². The van der Waals surface area contributed by atoms with E-state index in [0.29, 0.717) is 18.4 Å². The molecule has 26 heavy (non-hydrogen) atoms. The Hall–Kier alpha value is -1.12. The number of allylic oxidation sites excluding steroid dienone is 1. The van der Waals surface area contributed by atoms with E-state index in [2.05, 4.69) is 33.4 Å². The molecule has 0 aromatic rings. The summed E-state index contributed by atoms with van der Waals surface area (Å²) in [4.78, 5) is 24.6. The Labute approximate surface area is 158 Å². The monoisotopic (exact) mass is 360 g/mol. The molecule has 0 amide bonds. The van der Waals surface area contributed by atoms with Crippen molar-refractivity contribution in [3.8, 4) is 0 Å². The highest BCUT2D eigenvalue weighted by Gasteiger charge is 2.64. The summed E-state index contributed by atoms with van der Waals surface area (Å²) in [6.45, 7) is 13.2. The number of carbonyl (C=O) groups is 2. The van der Waals surface area contributed by atoms with Crippen molar-refractivity contribution < 1.29 is 14.3 Å². The Kier molecular flexibility index (Phi) is 4.90. The molecule has 3 heteroatoms. The molecule has 0 N–H and O–H groups in total. The Balaban J connectivity index is 1.98. The van der Waals surface area contributed by atoms with Crippen LogP contribution in [-0.4, -0.2) is 18.9 Å². The zero-order valence-corrected chi connectivity index (χ0v) is 17.1. The molecule has 0 aromatic carbocycles. The molecule has 3 aliphatic carbocycles. The van der Waals surface area contributed by atoms with Crippen LogP contribution in [0.5, 0.6) is 0 Å². The maximum atomic E-state index is 12.9. The van der Waals surface area contributed by atoms with Crippen molar-refractivity contribution in [3.05, 3.63) is 12.7 Å². The molecule has 3 aliphatic rings. The molecule has 0 spiro atoms. The number of esters is 1. The fourth-order valence-corrected chi connectivity index (χ4v) is 7.32. The minimum Gasteiger partial charge on any atom is -0.466 e. The van der Waals surface area contributed by atoms with E-state index in [1.165, 1.54) is 12.7 Å². The quantitative estimate of drug-likeness (QED) is 0.386. The maximum Gasteiger partial charge on any atom is 0.312 e. The minimum absolute atomic E-state index is 0.00410. The van der Waals surface area contributed by atoms with Crippen LogP contribution in [0, 0.1) is 33.5 Å². The van der Waals surface area contributed by atoms with Gasteiger partial charge in [-0.2, -0.15) is 0 Å². The number of ether oxygens (including phenoxy) is 1. The lowest BCUT2D eigenvalue weighted by molar-refractivity contribution is -0.186. The zero-order chi connectivity index (χ0) is 19.2. The topological polar surface area (TPSA) is 43.4 Å². The first-order chi connectivity index (χ1) is 12.2. The van der Waals surface area contributed by atoms with Crippen molar-refractivity contribution in [2.75, 3.05) is 6.61 Å². The second-order valence-corrected chi connectivity index (χ2v) is 10.1. The number of aldehydes is 1. The molecular formula is C23H36O3. The molecular weight excluding hydrogens is 324 g/mol. The molecule has 6 atom stereocenters. The Morgan fingerprint density at radius 3 is 2.42 bits per heavy atom. The summed E-state index contributed by atoms with van der Waals surface area (Å²) in [6.07, 6.45) is 11.5. The van der Waals surface area contributed by atoms with Crippen molar-refractivity contribution in [3.63, 3.8) is 0 Å². The third kappa shape index (κ3) is 2.68. The first-order valence-corrected chi connectivity index (χ1v) is 10.5. The highest BCUT2D eigenvalue weighted by molar-refractivity contribution is 5.77. The molecule has 3 nitrogen and oxygen atoms in total. The van der Waals surface area contributed by atoms with E-state index in [0.717, 1.165) is 44.9 Å². The van der Waals surface area contributed by atoms with Crippen LogP contribution in [0.1, 0.15) is 79.1 Å². The first kappa shape index (κ1) is 19.6. The Bertz CT molecular complexity index is 598. The Morgan fingerprint density at radius 1 is 1.12 bits per heavy atom. The summed E-state index contributed by atoms with van der Waals surface area (Å²) in [5, 5.41) is 0. The lowest BCUT2D eigenvalue weighted by Crippen LogP contribution is -2.60. The van der Waals surface area contributed by atoms with Gasteiger partial charge in [0.15, 0.2) is 0 Å². The molecule has 0 saturated heterocycles. The van der Waals surface area contributed by atoms with Crippen LogP contribution in [0.15, 0.2) is 12.7 Å². The second-order valence-electron chi connectivity index (χ2n) is 10.1. The van der Waals surface area contributed by atoms with Gasteiger partial charge < -0.3 is 9.53 Å². The summed E-state index contributed by atoms with van der Waals surface area (Å²) in [5.74, 6) is 0.866. The van der Waals surface area contributed by atoms with Crippen molar-refractivity contribution in [2.45, 2.75) is 79.1 Å². The molecule has 3 rings (SSSR count). The van der Waals surface area contributed by atoms with Crippen molar-refractivity contribution in [2.24, 2.45) is 33.5 Å². The zero-order valence-electron chi connectivity index (χ0n) is 17.1. The molecule has 0 aromatic heterocycles. The average molecular weight is 361 g/mol. The number of hydrogen-bond acceptors (Lipinski definition) is 3. The van der Waals surface area contributed by atoms with Crippen LogP contribution in [0.25, 0.3) is 0 Å². The highest BCUT2D eigenvalue weighted by atomic mass is 16.5. The SMILES string of the molecule is C=C[C@]12CC[C@H]3[C@@](C)(CCC[C@@]3(C)C(=O)OCC)[C@@H]1CC[C@](C)(C=O)C2. The maximum absolute atomic E-state index is 12.9. The molecule has 0 unspecified atom stereocenters.